The van der Waals surface area contributed by atoms with E-state index in [9.17, 15) is 0 Å². The molecule has 5 nitrogen and oxygen atoms in total. The molecule has 3 fully saturated rings. The maximum atomic E-state index is 6.31. The van der Waals surface area contributed by atoms with E-state index >= 15 is 0 Å². The van der Waals surface area contributed by atoms with Crippen LogP contribution in [0.25, 0.3) is 0 Å². The molecule has 2 aliphatic heterocycles. The molecule has 1 aromatic rings. The van der Waals surface area contributed by atoms with Gasteiger partial charge in [-0.2, -0.15) is 5.10 Å². The van der Waals surface area contributed by atoms with E-state index in [1.54, 1.807) is 0 Å². The smallest absolute Gasteiger partial charge is 0.168 e. The van der Waals surface area contributed by atoms with Gasteiger partial charge in [-0.25, -0.2) is 0 Å². The van der Waals surface area contributed by atoms with Gasteiger partial charge in [-0.15, -0.1) is 0 Å². The van der Waals surface area contributed by atoms with Crippen molar-refractivity contribution in [1.29, 1.82) is 0 Å². The lowest BCUT2D eigenvalue weighted by Gasteiger charge is -2.34. The normalized spacial score (nSPS) is 30.1. The van der Waals surface area contributed by atoms with Gasteiger partial charge in [0.15, 0.2) is 5.79 Å². The van der Waals surface area contributed by atoms with E-state index in [4.69, 9.17) is 9.47 Å². The summed E-state index contributed by atoms with van der Waals surface area (Å²) in [7, 11) is 0. The fourth-order valence-corrected chi connectivity index (χ4v) is 4.27. The molecule has 1 spiro atoms. The zero-order valence-electron chi connectivity index (χ0n) is 13.3. The minimum atomic E-state index is -0.225. The second kappa shape index (κ2) is 6.30. The average Bonchev–Trinajstić information content (AvgIpc) is 3.20. The molecule has 3 aliphatic rings. The Kier molecular flexibility index (Phi) is 4.20. The van der Waals surface area contributed by atoms with Crippen LogP contribution in [0.1, 0.15) is 56.6 Å². The number of likely N-dealkylation sites (tertiary alicyclic amines) is 1. The van der Waals surface area contributed by atoms with Gasteiger partial charge in [0.05, 0.1) is 12.7 Å². The minimum absolute atomic E-state index is 0.225. The Balaban J connectivity index is 1.25. The first-order valence-electron chi connectivity index (χ1n) is 8.86. The van der Waals surface area contributed by atoms with Crippen molar-refractivity contribution in [3.05, 3.63) is 18.0 Å². The maximum absolute atomic E-state index is 6.31. The van der Waals surface area contributed by atoms with Crippen molar-refractivity contribution in [2.75, 3.05) is 26.2 Å². The van der Waals surface area contributed by atoms with E-state index in [1.165, 1.54) is 37.8 Å². The molecular formula is C17H27N3O2. The van der Waals surface area contributed by atoms with Crippen LogP contribution < -0.4 is 0 Å². The fourth-order valence-electron chi connectivity index (χ4n) is 4.27. The van der Waals surface area contributed by atoms with Crippen LogP contribution in [0, 0.1) is 0 Å². The van der Waals surface area contributed by atoms with Crippen molar-refractivity contribution in [3.8, 4) is 0 Å². The van der Waals surface area contributed by atoms with E-state index in [0.717, 1.165) is 39.1 Å². The molecular weight excluding hydrogens is 278 g/mol. The summed E-state index contributed by atoms with van der Waals surface area (Å²) in [5.74, 6) is 0.418. The van der Waals surface area contributed by atoms with Crippen LogP contribution in [0.15, 0.2) is 12.3 Å². The van der Waals surface area contributed by atoms with Crippen molar-refractivity contribution >= 4 is 0 Å². The predicted octanol–water partition coefficient (Wildman–Crippen LogP) is 2.66. The number of ether oxygens (including phenoxy) is 2. The number of H-pyrrole nitrogens is 1. The van der Waals surface area contributed by atoms with Crippen LogP contribution in [0.4, 0.5) is 0 Å². The lowest BCUT2D eigenvalue weighted by Crippen LogP contribution is -2.40. The number of hydrogen-bond acceptors (Lipinski definition) is 4. The molecule has 1 saturated carbocycles. The van der Waals surface area contributed by atoms with Gasteiger partial charge in [0, 0.05) is 37.2 Å². The van der Waals surface area contributed by atoms with Gasteiger partial charge < -0.3 is 14.4 Å². The second-order valence-electron chi connectivity index (χ2n) is 7.11. The third kappa shape index (κ3) is 3.07. The molecule has 3 heterocycles. The first-order chi connectivity index (χ1) is 10.8. The number of aromatic nitrogens is 2. The summed E-state index contributed by atoms with van der Waals surface area (Å²) in [5.41, 5.74) is 1.29. The van der Waals surface area contributed by atoms with Crippen LogP contribution in [-0.4, -0.2) is 53.2 Å². The van der Waals surface area contributed by atoms with E-state index in [2.05, 4.69) is 21.2 Å². The summed E-state index contributed by atoms with van der Waals surface area (Å²) in [6.07, 6.45) is 10.6. The molecule has 1 N–H and O–H groups in total. The summed E-state index contributed by atoms with van der Waals surface area (Å²) in [6.45, 7) is 4.10. The SMILES string of the molecule is c1cc(C2CCN(CC3COC4(CCCCC4)O3)CC2)[nH]n1. The summed E-state index contributed by atoms with van der Waals surface area (Å²) in [5, 5.41) is 7.19. The van der Waals surface area contributed by atoms with Gasteiger partial charge in [-0.3, -0.25) is 5.10 Å². The maximum Gasteiger partial charge on any atom is 0.168 e. The highest BCUT2D eigenvalue weighted by atomic mass is 16.7. The molecule has 0 aromatic carbocycles. The monoisotopic (exact) mass is 305 g/mol. The van der Waals surface area contributed by atoms with E-state index in [1.807, 2.05) is 6.20 Å². The highest BCUT2D eigenvalue weighted by Crippen LogP contribution is 2.38. The van der Waals surface area contributed by atoms with Gasteiger partial charge in [0.25, 0.3) is 0 Å². The van der Waals surface area contributed by atoms with Crippen molar-refractivity contribution in [2.45, 2.75) is 62.8 Å². The van der Waals surface area contributed by atoms with Crippen LogP contribution in [0.2, 0.25) is 0 Å². The minimum Gasteiger partial charge on any atom is -0.347 e. The van der Waals surface area contributed by atoms with Crippen molar-refractivity contribution < 1.29 is 9.47 Å². The number of nitrogens with one attached hydrogen (secondary N) is 1. The van der Waals surface area contributed by atoms with Gasteiger partial charge in [0.1, 0.15) is 0 Å². The second-order valence-corrected chi connectivity index (χ2v) is 7.11. The van der Waals surface area contributed by atoms with Crippen LogP contribution in [-0.2, 0) is 9.47 Å². The summed E-state index contributed by atoms with van der Waals surface area (Å²) >= 11 is 0. The topological polar surface area (TPSA) is 50.4 Å². The zero-order valence-corrected chi connectivity index (χ0v) is 13.3. The highest BCUT2D eigenvalue weighted by molar-refractivity contribution is 5.06. The Morgan fingerprint density at radius 3 is 2.77 bits per heavy atom. The summed E-state index contributed by atoms with van der Waals surface area (Å²) in [6, 6.07) is 2.11. The van der Waals surface area contributed by atoms with Crippen molar-refractivity contribution in [2.24, 2.45) is 0 Å². The third-order valence-corrected chi connectivity index (χ3v) is 5.54. The highest BCUT2D eigenvalue weighted by Gasteiger charge is 2.42. The number of piperidine rings is 1. The molecule has 0 bridgehead atoms. The standard InChI is InChI=1S/C17H27N3O2/c1-2-7-17(8-3-1)21-13-15(22-17)12-20-10-5-14(6-11-20)16-4-9-18-19-16/h4,9,14-15H,1-3,5-8,10-13H2,(H,18,19). The molecule has 122 valence electrons. The van der Waals surface area contributed by atoms with Crippen molar-refractivity contribution in [1.82, 2.24) is 15.1 Å². The molecule has 1 unspecified atom stereocenters. The predicted molar refractivity (Wildman–Crippen MR) is 83.6 cm³/mol. The zero-order chi connectivity index (χ0) is 14.8. The van der Waals surface area contributed by atoms with Crippen LogP contribution in [0.3, 0.4) is 0 Å². The molecule has 2 saturated heterocycles. The number of rotatable bonds is 3. The Morgan fingerprint density at radius 1 is 1.23 bits per heavy atom. The lowest BCUT2D eigenvalue weighted by molar-refractivity contribution is -0.188. The molecule has 5 heteroatoms. The van der Waals surface area contributed by atoms with Gasteiger partial charge in [-0.05, 0) is 44.8 Å². The first-order valence-corrected chi connectivity index (χ1v) is 8.86. The molecule has 1 atom stereocenters. The van der Waals surface area contributed by atoms with Gasteiger partial charge >= 0.3 is 0 Å². The van der Waals surface area contributed by atoms with Gasteiger partial charge in [0.2, 0.25) is 0 Å². The molecule has 1 aromatic heterocycles. The Labute approximate surface area is 132 Å². The van der Waals surface area contributed by atoms with Crippen molar-refractivity contribution in [3.63, 3.8) is 0 Å². The fraction of sp³-hybridized carbons (Fsp3) is 0.824. The van der Waals surface area contributed by atoms with Gasteiger partial charge in [-0.1, -0.05) is 6.42 Å². The first kappa shape index (κ1) is 14.7. The molecule has 4 rings (SSSR count). The van der Waals surface area contributed by atoms with Crippen LogP contribution >= 0.6 is 0 Å². The largest absolute Gasteiger partial charge is 0.347 e. The van der Waals surface area contributed by atoms with E-state index in [-0.39, 0.29) is 11.9 Å². The average molecular weight is 305 g/mol. The quantitative estimate of drug-likeness (QED) is 0.933. The van der Waals surface area contributed by atoms with E-state index < -0.39 is 0 Å². The number of nitrogens with zero attached hydrogens (tertiary/aromatic N) is 2. The number of hydrogen-bond donors (Lipinski definition) is 1. The molecule has 1 aliphatic carbocycles. The lowest BCUT2D eigenvalue weighted by atomic mass is 9.93. The summed E-state index contributed by atoms with van der Waals surface area (Å²) in [4.78, 5) is 2.54. The third-order valence-electron chi connectivity index (χ3n) is 5.54. The van der Waals surface area contributed by atoms with Crippen LogP contribution in [0.5, 0.6) is 0 Å². The Morgan fingerprint density at radius 2 is 2.05 bits per heavy atom. The number of aromatic amines is 1. The molecule has 22 heavy (non-hydrogen) atoms. The Hall–Kier alpha value is -0.910. The van der Waals surface area contributed by atoms with E-state index in [0.29, 0.717) is 5.92 Å². The molecule has 0 radical (unpaired) electrons. The molecule has 0 amide bonds. The Bertz CT molecular complexity index is 462. The summed E-state index contributed by atoms with van der Waals surface area (Å²) < 4.78 is 12.4.